The zero-order valence-corrected chi connectivity index (χ0v) is 12.9. The summed E-state index contributed by atoms with van der Waals surface area (Å²) in [7, 11) is 1.61. The number of hydrogen-bond donors (Lipinski definition) is 3. The molecule has 2 heterocycles. The minimum atomic E-state index is -0.580. The first-order valence-corrected chi connectivity index (χ1v) is 7.12. The molecule has 0 aliphatic carbocycles. The third kappa shape index (κ3) is 2.13. The molecule has 1 aliphatic heterocycles. The quantitative estimate of drug-likeness (QED) is 0.705. The number of fused-ring (bicyclic) bond motifs is 1. The number of amides is 1. The van der Waals surface area contributed by atoms with E-state index in [0.29, 0.717) is 6.42 Å². The summed E-state index contributed by atoms with van der Waals surface area (Å²) in [5.41, 5.74) is 2.35. The lowest BCUT2D eigenvalue weighted by atomic mass is 9.86. The molecule has 1 saturated heterocycles. The Morgan fingerprint density at radius 2 is 2.18 bits per heavy atom. The molecule has 0 radical (unpaired) electrons. The van der Waals surface area contributed by atoms with Crippen molar-refractivity contribution >= 4 is 22.8 Å². The molecule has 3 rings (SSSR count). The largest absolute Gasteiger partial charge is 0.360 e. The van der Waals surface area contributed by atoms with E-state index in [0.717, 1.165) is 22.0 Å². The van der Waals surface area contributed by atoms with Gasteiger partial charge in [0.1, 0.15) is 0 Å². The van der Waals surface area contributed by atoms with E-state index < -0.39 is 5.54 Å². The normalized spacial score (nSPS) is 21.5. The third-order valence-electron chi connectivity index (χ3n) is 4.19. The van der Waals surface area contributed by atoms with Crippen LogP contribution in [-0.4, -0.2) is 28.8 Å². The minimum Gasteiger partial charge on any atom is -0.360 e. The van der Waals surface area contributed by atoms with Gasteiger partial charge in [-0.3, -0.25) is 15.1 Å². The number of carbonyl (C=O) groups is 1. The first-order valence-electron chi connectivity index (χ1n) is 7.12. The Kier molecular flexibility index (Phi) is 3.18. The molecule has 1 atom stereocenters. The lowest BCUT2D eigenvalue weighted by molar-refractivity contribution is -0.129. The lowest BCUT2D eigenvalue weighted by Gasteiger charge is -2.39. The van der Waals surface area contributed by atoms with Crippen LogP contribution in [0.2, 0.25) is 0 Å². The molecule has 1 amide bonds. The van der Waals surface area contributed by atoms with Crippen LogP contribution in [0.15, 0.2) is 24.4 Å². The van der Waals surface area contributed by atoms with Crippen molar-refractivity contribution in [3.05, 3.63) is 35.5 Å². The summed E-state index contributed by atoms with van der Waals surface area (Å²) in [6.45, 7) is 3.76. The van der Waals surface area contributed by atoms with Gasteiger partial charge in [-0.15, -0.1) is 5.92 Å². The number of nitrogens with one attached hydrogen (secondary N) is 3. The topological polar surface area (TPSA) is 72.0 Å². The highest BCUT2D eigenvalue weighted by molar-refractivity contribution is 5.99. The molecule has 0 spiro atoms. The van der Waals surface area contributed by atoms with Gasteiger partial charge < -0.3 is 10.3 Å². The predicted octanol–water partition coefficient (Wildman–Crippen LogP) is 2.14. The summed E-state index contributed by atoms with van der Waals surface area (Å²) in [5, 5.41) is 12.1. The van der Waals surface area contributed by atoms with Crippen molar-refractivity contribution in [2.75, 3.05) is 7.05 Å². The molecule has 0 unspecified atom stereocenters. The van der Waals surface area contributed by atoms with Crippen molar-refractivity contribution in [3.8, 4) is 11.8 Å². The molecular weight excluding hydrogens is 276 g/mol. The zero-order chi connectivity index (χ0) is 15.9. The fourth-order valence-corrected chi connectivity index (χ4v) is 2.81. The van der Waals surface area contributed by atoms with E-state index in [-0.39, 0.29) is 11.9 Å². The van der Waals surface area contributed by atoms with Crippen LogP contribution >= 0.6 is 0 Å². The number of aromatic amines is 1. The summed E-state index contributed by atoms with van der Waals surface area (Å²) >= 11 is 0. The van der Waals surface area contributed by atoms with Crippen LogP contribution < -0.4 is 5.32 Å². The van der Waals surface area contributed by atoms with Crippen LogP contribution in [0.3, 0.4) is 0 Å². The number of benzene rings is 1. The van der Waals surface area contributed by atoms with Gasteiger partial charge in [0.2, 0.25) is 5.91 Å². The van der Waals surface area contributed by atoms with E-state index in [1.54, 1.807) is 7.05 Å². The van der Waals surface area contributed by atoms with E-state index >= 15 is 0 Å². The Labute approximate surface area is 129 Å². The second-order valence-electron chi connectivity index (χ2n) is 5.77. The van der Waals surface area contributed by atoms with Crippen LogP contribution in [0.1, 0.15) is 31.4 Å². The van der Waals surface area contributed by atoms with Gasteiger partial charge in [0, 0.05) is 29.7 Å². The summed E-state index contributed by atoms with van der Waals surface area (Å²) < 4.78 is 0. The van der Waals surface area contributed by atoms with Crippen molar-refractivity contribution in [3.63, 3.8) is 0 Å². The molecule has 2 aromatic rings. The molecule has 5 heteroatoms. The van der Waals surface area contributed by atoms with Gasteiger partial charge >= 0.3 is 0 Å². The smallest absolute Gasteiger partial charge is 0.231 e. The monoisotopic (exact) mass is 294 g/mol. The van der Waals surface area contributed by atoms with Gasteiger partial charge in [-0.2, -0.15) is 0 Å². The average molecular weight is 294 g/mol. The molecule has 1 aliphatic rings. The van der Waals surface area contributed by atoms with E-state index in [2.05, 4.69) is 22.1 Å². The fourth-order valence-electron chi connectivity index (χ4n) is 2.81. The predicted molar refractivity (Wildman–Crippen MR) is 86.5 cm³/mol. The van der Waals surface area contributed by atoms with E-state index in [1.165, 1.54) is 4.90 Å². The van der Waals surface area contributed by atoms with Crippen LogP contribution in [0.5, 0.6) is 0 Å². The summed E-state index contributed by atoms with van der Waals surface area (Å²) in [4.78, 5) is 16.6. The Balaban J connectivity index is 2.08. The maximum Gasteiger partial charge on any atom is 0.231 e. The van der Waals surface area contributed by atoms with Crippen molar-refractivity contribution < 1.29 is 4.79 Å². The number of aromatic nitrogens is 1. The fraction of sp³-hybridized carbons (Fsp3) is 0.294. The SMILES string of the molecule is CC#Cc1c[nH]c2ccc([C@]3(C)CC(=O)N(C)C(=N)N3)cc12. The van der Waals surface area contributed by atoms with Crippen LogP contribution in [0, 0.1) is 17.3 Å². The average Bonchev–Trinajstić information content (AvgIpc) is 2.88. The Morgan fingerprint density at radius 1 is 1.41 bits per heavy atom. The second-order valence-corrected chi connectivity index (χ2v) is 5.77. The summed E-state index contributed by atoms with van der Waals surface area (Å²) in [6.07, 6.45) is 2.21. The van der Waals surface area contributed by atoms with Crippen LogP contribution in [0.4, 0.5) is 0 Å². The van der Waals surface area contributed by atoms with Gasteiger partial charge in [-0.25, -0.2) is 0 Å². The first kappa shape index (κ1) is 14.2. The van der Waals surface area contributed by atoms with Gasteiger partial charge in [0.05, 0.1) is 12.0 Å². The molecule has 0 saturated carbocycles. The van der Waals surface area contributed by atoms with Gasteiger partial charge in [0.25, 0.3) is 0 Å². The Morgan fingerprint density at radius 3 is 2.86 bits per heavy atom. The summed E-state index contributed by atoms with van der Waals surface area (Å²) in [5.74, 6) is 6.05. The number of carbonyl (C=O) groups excluding carboxylic acids is 1. The Bertz CT molecular complexity index is 819. The molecule has 3 N–H and O–H groups in total. The van der Waals surface area contributed by atoms with Gasteiger partial charge in [0.15, 0.2) is 5.96 Å². The maximum absolute atomic E-state index is 12.1. The second kappa shape index (κ2) is 4.92. The van der Waals surface area contributed by atoms with E-state index in [1.807, 2.05) is 38.2 Å². The third-order valence-corrected chi connectivity index (χ3v) is 4.19. The number of rotatable bonds is 1. The van der Waals surface area contributed by atoms with Crippen molar-refractivity contribution in [1.29, 1.82) is 5.41 Å². The number of hydrogen-bond acceptors (Lipinski definition) is 2. The number of H-pyrrole nitrogens is 1. The van der Waals surface area contributed by atoms with E-state index in [9.17, 15) is 4.79 Å². The van der Waals surface area contributed by atoms with Crippen molar-refractivity contribution in [2.45, 2.75) is 25.8 Å². The Hall–Kier alpha value is -2.74. The molecule has 5 nitrogen and oxygen atoms in total. The van der Waals surface area contributed by atoms with Gasteiger partial charge in [-0.1, -0.05) is 12.0 Å². The standard InChI is InChI=1S/C17H18N4O/c1-4-5-11-10-19-14-7-6-12(8-13(11)14)17(2)9-15(22)21(3)16(18)20-17/h6-8,10,19H,9H2,1-3H3,(H2,18,20)/t17-/m0/s1. The highest BCUT2D eigenvalue weighted by Crippen LogP contribution is 2.31. The number of nitrogens with zero attached hydrogens (tertiary/aromatic N) is 1. The lowest BCUT2D eigenvalue weighted by Crippen LogP contribution is -2.58. The molecule has 1 fully saturated rings. The molecule has 112 valence electrons. The minimum absolute atomic E-state index is 0.0611. The summed E-state index contributed by atoms with van der Waals surface area (Å²) in [6, 6.07) is 6.02. The molecule has 1 aromatic heterocycles. The molecule has 1 aromatic carbocycles. The zero-order valence-electron chi connectivity index (χ0n) is 12.9. The maximum atomic E-state index is 12.1. The number of guanidine groups is 1. The first-order chi connectivity index (χ1) is 10.4. The molecule has 22 heavy (non-hydrogen) atoms. The highest BCUT2D eigenvalue weighted by Gasteiger charge is 2.37. The van der Waals surface area contributed by atoms with Crippen molar-refractivity contribution in [1.82, 2.24) is 15.2 Å². The highest BCUT2D eigenvalue weighted by atomic mass is 16.2. The molecule has 0 bridgehead atoms. The van der Waals surface area contributed by atoms with Gasteiger partial charge in [-0.05, 0) is 31.5 Å². The molecular formula is C17H18N4O. The van der Waals surface area contributed by atoms with Crippen LogP contribution in [-0.2, 0) is 10.3 Å². The van der Waals surface area contributed by atoms with Crippen molar-refractivity contribution in [2.24, 2.45) is 0 Å². The van der Waals surface area contributed by atoms with Crippen LogP contribution in [0.25, 0.3) is 10.9 Å². The van der Waals surface area contributed by atoms with E-state index in [4.69, 9.17) is 5.41 Å².